The lowest BCUT2D eigenvalue weighted by molar-refractivity contribution is 0.0690. The van der Waals surface area contributed by atoms with Crippen molar-refractivity contribution in [3.8, 4) is 0 Å². The highest BCUT2D eigenvalue weighted by Crippen LogP contribution is 2.16. The van der Waals surface area contributed by atoms with Gasteiger partial charge < -0.3 is 10.0 Å². The number of rotatable bonds is 3. The van der Waals surface area contributed by atoms with Gasteiger partial charge in [0.05, 0.1) is 0 Å². The van der Waals surface area contributed by atoms with Crippen molar-refractivity contribution in [2.24, 2.45) is 0 Å². The Morgan fingerprint density at radius 3 is 2.79 bits per heavy atom. The van der Waals surface area contributed by atoms with Gasteiger partial charge >= 0.3 is 5.97 Å². The van der Waals surface area contributed by atoms with Gasteiger partial charge in [0.1, 0.15) is 0 Å². The Morgan fingerprint density at radius 1 is 1.47 bits per heavy atom. The van der Waals surface area contributed by atoms with E-state index in [0.717, 1.165) is 26.2 Å². The third kappa shape index (κ3) is 3.01. The number of carboxylic acid groups (broad SMARTS) is 1. The summed E-state index contributed by atoms with van der Waals surface area (Å²) in [6.07, 6.45) is 0. The first-order valence-electron chi connectivity index (χ1n) is 6.59. The molecule has 1 N–H and O–H groups in total. The minimum Gasteiger partial charge on any atom is -0.477 e. The highest BCUT2D eigenvalue weighted by atomic mass is 16.4. The predicted molar refractivity (Wildman–Crippen MR) is 72.7 cm³/mol. The smallest absolute Gasteiger partial charge is 0.354 e. The van der Waals surface area contributed by atoms with E-state index in [9.17, 15) is 4.79 Å². The van der Waals surface area contributed by atoms with Crippen molar-refractivity contribution in [1.82, 2.24) is 14.9 Å². The standard InChI is InChI=1S/C13H20N4O2/c1-4-16-5-6-17(8-10(16)3)13-14-9(2)7-11(15-13)12(18)19/h7,10H,4-6,8H2,1-3H3,(H,18,19). The van der Waals surface area contributed by atoms with Crippen molar-refractivity contribution < 1.29 is 9.90 Å². The Morgan fingerprint density at radius 2 is 2.21 bits per heavy atom. The number of aromatic carboxylic acids is 1. The van der Waals surface area contributed by atoms with Crippen LogP contribution in [0.1, 0.15) is 30.0 Å². The van der Waals surface area contributed by atoms with Gasteiger partial charge in [-0.25, -0.2) is 14.8 Å². The van der Waals surface area contributed by atoms with Crippen LogP contribution in [0.25, 0.3) is 0 Å². The molecule has 1 fully saturated rings. The van der Waals surface area contributed by atoms with E-state index in [1.54, 1.807) is 6.92 Å². The van der Waals surface area contributed by atoms with Gasteiger partial charge in [-0.3, -0.25) is 4.90 Å². The first-order valence-corrected chi connectivity index (χ1v) is 6.59. The molecule has 2 rings (SSSR count). The van der Waals surface area contributed by atoms with Gasteiger partial charge in [0.25, 0.3) is 0 Å². The molecule has 1 aliphatic heterocycles. The molecule has 1 saturated heterocycles. The zero-order valence-corrected chi connectivity index (χ0v) is 11.6. The maximum atomic E-state index is 11.0. The lowest BCUT2D eigenvalue weighted by atomic mass is 10.2. The number of aromatic nitrogens is 2. The molecular formula is C13H20N4O2. The second-order valence-electron chi connectivity index (χ2n) is 4.92. The zero-order chi connectivity index (χ0) is 14.0. The van der Waals surface area contributed by atoms with Gasteiger partial charge in [0.15, 0.2) is 5.69 Å². The number of hydrogen-bond donors (Lipinski definition) is 1. The minimum atomic E-state index is -1.01. The normalized spacial score (nSPS) is 20.6. The molecule has 1 atom stereocenters. The second-order valence-corrected chi connectivity index (χ2v) is 4.92. The summed E-state index contributed by atoms with van der Waals surface area (Å²) in [6, 6.07) is 1.92. The number of hydrogen-bond acceptors (Lipinski definition) is 5. The van der Waals surface area contributed by atoms with Crippen molar-refractivity contribution in [3.63, 3.8) is 0 Å². The summed E-state index contributed by atoms with van der Waals surface area (Å²) in [4.78, 5) is 24.0. The van der Waals surface area contributed by atoms with Gasteiger partial charge in [0.2, 0.25) is 5.95 Å². The maximum absolute atomic E-state index is 11.0. The summed E-state index contributed by atoms with van der Waals surface area (Å²) in [5.74, 6) is -0.480. The van der Waals surface area contributed by atoms with Crippen molar-refractivity contribution in [3.05, 3.63) is 17.5 Å². The lowest BCUT2D eigenvalue weighted by Crippen LogP contribution is -2.52. The average molecular weight is 264 g/mol. The van der Waals surface area contributed by atoms with E-state index < -0.39 is 5.97 Å². The molecule has 0 aliphatic carbocycles. The first-order chi connectivity index (χ1) is 9.01. The molecule has 0 spiro atoms. The van der Waals surface area contributed by atoms with Crippen LogP contribution in [-0.4, -0.2) is 58.2 Å². The molecular weight excluding hydrogens is 244 g/mol. The van der Waals surface area contributed by atoms with Crippen LogP contribution in [0.15, 0.2) is 6.07 Å². The Labute approximate surface area is 113 Å². The number of carboxylic acids is 1. The fraction of sp³-hybridized carbons (Fsp3) is 0.615. The quantitative estimate of drug-likeness (QED) is 0.878. The second kappa shape index (κ2) is 5.52. The maximum Gasteiger partial charge on any atom is 0.354 e. The number of anilines is 1. The Bertz CT molecular complexity index is 478. The Balaban J connectivity index is 2.21. The fourth-order valence-corrected chi connectivity index (χ4v) is 2.45. The summed E-state index contributed by atoms with van der Waals surface area (Å²) >= 11 is 0. The van der Waals surface area contributed by atoms with E-state index in [2.05, 4.69) is 33.6 Å². The van der Waals surface area contributed by atoms with Crippen molar-refractivity contribution >= 4 is 11.9 Å². The van der Waals surface area contributed by atoms with Crippen LogP contribution in [-0.2, 0) is 0 Å². The summed E-state index contributed by atoms with van der Waals surface area (Å²) in [6.45, 7) is 9.77. The van der Waals surface area contributed by atoms with Gasteiger partial charge in [-0.1, -0.05) is 6.92 Å². The largest absolute Gasteiger partial charge is 0.477 e. The van der Waals surface area contributed by atoms with Crippen LogP contribution in [0.3, 0.4) is 0 Å². The van der Waals surface area contributed by atoms with Gasteiger partial charge in [0, 0.05) is 31.4 Å². The number of carbonyl (C=O) groups is 1. The van der Waals surface area contributed by atoms with Crippen LogP contribution < -0.4 is 4.90 Å². The van der Waals surface area contributed by atoms with Gasteiger partial charge in [-0.2, -0.15) is 0 Å². The van der Waals surface area contributed by atoms with E-state index in [1.165, 1.54) is 6.07 Å². The molecule has 6 nitrogen and oxygen atoms in total. The van der Waals surface area contributed by atoms with E-state index in [0.29, 0.717) is 17.7 Å². The number of piperazine rings is 1. The van der Waals surface area contributed by atoms with E-state index in [1.807, 2.05) is 0 Å². The number of aryl methyl sites for hydroxylation is 1. The van der Waals surface area contributed by atoms with E-state index in [-0.39, 0.29) is 5.69 Å². The summed E-state index contributed by atoms with van der Waals surface area (Å²) in [5.41, 5.74) is 0.751. The van der Waals surface area contributed by atoms with E-state index in [4.69, 9.17) is 5.11 Å². The first kappa shape index (κ1) is 13.7. The third-order valence-electron chi connectivity index (χ3n) is 3.52. The predicted octanol–water partition coefficient (Wildman–Crippen LogP) is 1.01. The van der Waals surface area contributed by atoms with E-state index >= 15 is 0 Å². The Kier molecular flexibility index (Phi) is 3.99. The van der Waals surface area contributed by atoms with Crippen molar-refractivity contribution in [1.29, 1.82) is 0 Å². The fourth-order valence-electron chi connectivity index (χ4n) is 2.45. The molecule has 2 heterocycles. The molecule has 104 valence electrons. The molecule has 1 aromatic heterocycles. The molecule has 0 radical (unpaired) electrons. The molecule has 1 unspecified atom stereocenters. The van der Waals surface area contributed by atoms with Crippen LogP contribution in [0.2, 0.25) is 0 Å². The molecule has 0 saturated carbocycles. The average Bonchev–Trinajstić information content (AvgIpc) is 2.37. The van der Waals surface area contributed by atoms with Crippen LogP contribution >= 0.6 is 0 Å². The van der Waals surface area contributed by atoms with Crippen LogP contribution in [0.4, 0.5) is 5.95 Å². The summed E-state index contributed by atoms with van der Waals surface area (Å²) < 4.78 is 0. The SMILES string of the molecule is CCN1CCN(c2nc(C)cc(C(=O)O)n2)CC1C. The van der Waals surface area contributed by atoms with Crippen molar-refractivity contribution in [2.75, 3.05) is 31.1 Å². The van der Waals surface area contributed by atoms with Crippen LogP contribution in [0, 0.1) is 6.92 Å². The van der Waals surface area contributed by atoms with Crippen LogP contribution in [0.5, 0.6) is 0 Å². The minimum absolute atomic E-state index is 0.0630. The monoisotopic (exact) mass is 264 g/mol. The third-order valence-corrected chi connectivity index (χ3v) is 3.52. The van der Waals surface area contributed by atoms with Gasteiger partial charge in [-0.15, -0.1) is 0 Å². The highest BCUT2D eigenvalue weighted by Gasteiger charge is 2.24. The Hall–Kier alpha value is -1.69. The molecule has 6 heteroatoms. The molecule has 0 amide bonds. The molecule has 0 bridgehead atoms. The summed E-state index contributed by atoms with van der Waals surface area (Å²) in [5, 5.41) is 9.05. The number of nitrogens with zero attached hydrogens (tertiary/aromatic N) is 4. The zero-order valence-electron chi connectivity index (χ0n) is 11.6. The topological polar surface area (TPSA) is 69.6 Å². The summed E-state index contributed by atoms with van der Waals surface area (Å²) in [7, 11) is 0. The molecule has 1 aromatic rings. The number of likely N-dealkylation sites (N-methyl/N-ethyl adjacent to an activating group) is 1. The molecule has 1 aliphatic rings. The molecule has 0 aromatic carbocycles. The molecule has 19 heavy (non-hydrogen) atoms. The highest BCUT2D eigenvalue weighted by molar-refractivity contribution is 5.85. The van der Waals surface area contributed by atoms with Gasteiger partial charge in [-0.05, 0) is 26.5 Å². The van der Waals surface area contributed by atoms with Crippen molar-refractivity contribution in [2.45, 2.75) is 26.8 Å². The lowest BCUT2D eigenvalue weighted by Gasteiger charge is -2.39.